The molecule has 0 atom stereocenters. The molecule has 0 saturated heterocycles. The van der Waals surface area contributed by atoms with Crippen LogP contribution in [-0.4, -0.2) is 21.1 Å². The zero-order valence-corrected chi connectivity index (χ0v) is 12.6. The van der Waals surface area contributed by atoms with Crippen LogP contribution in [-0.2, 0) is 0 Å². The first kappa shape index (κ1) is 14.8. The number of halogens is 2. The van der Waals surface area contributed by atoms with Gasteiger partial charge in [-0.05, 0) is 0 Å². The van der Waals surface area contributed by atoms with Gasteiger partial charge >= 0.3 is 89.0 Å². The van der Waals surface area contributed by atoms with E-state index in [1.807, 2.05) is 0 Å². The Morgan fingerprint density at radius 1 is 0.533 bits per heavy atom. The molecule has 0 N–H and O–H groups in total. The summed E-state index contributed by atoms with van der Waals surface area (Å²) in [5, 5.41) is 0. The molecule has 0 unspecified atom stereocenters. The summed E-state index contributed by atoms with van der Waals surface area (Å²) >= 11 is -0.517. The van der Waals surface area contributed by atoms with Crippen molar-refractivity contribution < 1.29 is 0 Å². The van der Waals surface area contributed by atoms with Crippen LogP contribution in [0.25, 0.3) is 0 Å². The first-order valence-corrected chi connectivity index (χ1v) is 7.18. The third-order valence-corrected chi connectivity index (χ3v) is 5.39. The molecule has 2 aromatic rings. The van der Waals surface area contributed by atoms with E-state index in [0.29, 0.717) is 0 Å². The normalized spacial score (nSPS) is 8.53. The molecule has 15 heavy (non-hydrogen) atoms. The fourth-order valence-electron chi connectivity index (χ4n) is 1.21. The molecule has 0 amide bonds. The summed E-state index contributed by atoms with van der Waals surface area (Å²) in [6.45, 7) is 0. The van der Waals surface area contributed by atoms with Crippen molar-refractivity contribution in [2.24, 2.45) is 0 Å². The van der Waals surface area contributed by atoms with E-state index in [1.165, 1.54) is 7.16 Å². The van der Waals surface area contributed by atoms with Crippen LogP contribution in [0.2, 0.25) is 0 Å². The monoisotopic (exact) mass is 346 g/mol. The van der Waals surface area contributed by atoms with Crippen LogP contribution >= 0.6 is 24.8 Å². The third-order valence-electron chi connectivity index (χ3n) is 1.84. The van der Waals surface area contributed by atoms with Gasteiger partial charge in [-0.1, -0.05) is 0 Å². The summed E-state index contributed by atoms with van der Waals surface area (Å²) in [6.07, 6.45) is 0. The fourth-order valence-corrected chi connectivity index (χ4v) is 4.21. The van der Waals surface area contributed by atoms with Crippen molar-refractivity contribution in [3.63, 3.8) is 0 Å². The van der Waals surface area contributed by atoms with E-state index < -0.39 is 21.1 Å². The van der Waals surface area contributed by atoms with Crippen molar-refractivity contribution >= 4 is 53.1 Å². The first-order valence-electron chi connectivity index (χ1n) is 4.32. The number of hydrogen-bond acceptors (Lipinski definition) is 0. The van der Waals surface area contributed by atoms with E-state index in [1.54, 1.807) is 0 Å². The van der Waals surface area contributed by atoms with Crippen LogP contribution in [0.3, 0.4) is 0 Å². The Morgan fingerprint density at radius 2 is 0.867 bits per heavy atom. The summed E-state index contributed by atoms with van der Waals surface area (Å²) in [4.78, 5) is 0. The van der Waals surface area contributed by atoms with Gasteiger partial charge in [0.2, 0.25) is 0 Å². The second-order valence-electron chi connectivity index (χ2n) is 2.86. The molecule has 0 fully saturated rings. The Balaban J connectivity index is 0.000000980. The van der Waals surface area contributed by atoms with Crippen LogP contribution in [0, 0.1) is 0 Å². The van der Waals surface area contributed by atoms with Crippen molar-refractivity contribution in [1.29, 1.82) is 0 Å². The zero-order valence-electron chi connectivity index (χ0n) is 8.09. The molecule has 2 rings (SSSR count). The van der Waals surface area contributed by atoms with Gasteiger partial charge in [-0.2, -0.15) is 0 Å². The second kappa shape index (κ2) is 8.03. The summed E-state index contributed by atoms with van der Waals surface area (Å²) in [7, 11) is 0. The quantitative estimate of drug-likeness (QED) is 0.732. The van der Waals surface area contributed by atoms with Crippen LogP contribution < -0.4 is 7.16 Å². The van der Waals surface area contributed by atoms with Gasteiger partial charge in [-0.3, -0.25) is 0 Å². The molecule has 0 bridgehead atoms. The van der Waals surface area contributed by atoms with E-state index in [2.05, 4.69) is 60.7 Å². The molecule has 0 aromatic heterocycles. The summed E-state index contributed by atoms with van der Waals surface area (Å²) in [5.74, 6) is 0. The maximum atomic E-state index is 2.24. The van der Waals surface area contributed by atoms with Gasteiger partial charge in [0, 0.05) is 0 Å². The molecular formula is C12H12Cl2Sn. The Hall–Kier alpha value is -0.181. The van der Waals surface area contributed by atoms with Crippen LogP contribution in [0.5, 0.6) is 0 Å². The molecule has 78 valence electrons. The van der Waals surface area contributed by atoms with E-state index in [0.717, 1.165) is 0 Å². The van der Waals surface area contributed by atoms with Gasteiger partial charge in [0.1, 0.15) is 0 Å². The summed E-state index contributed by atoms with van der Waals surface area (Å²) < 4.78 is 3.08. The first-order chi connectivity index (χ1) is 6.45. The Labute approximate surface area is 113 Å². The number of rotatable bonds is 2. The summed E-state index contributed by atoms with van der Waals surface area (Å²) in [5.41, 5.74) is 0. The van der Waals surface area contributed by atoms with Crippen molar-refractivity contribution in [2.45, 2.75) is 0 Å². The van der Waals surface area contributed by atoms with E-state index in [-0.39, 0.29) is 24.8 Å². The SMILES string of the molecule is Cl.Cl.c1cc[c]([Sn][c]2ccccc2)cc1. The molecule has 0 saturated carbocycles. The van der Waals surface area contributed by atoms with Crippen molar-refractivity contribution in [2.75, 3.05) is 0 Å². The second-order valence-corrected chi connectivity index (χ2v) is 6.87. The van der Waals surface area contributed by atoms with E-state index >= 15 is 0 Å². The minimum absolute atomic E-state index is 0. The molecule has 0 aliphatic carbocycles. The fraction of sp³-hybridized carbons (Fsp3) is 0. The Bertz CT molecular complexity index is 324. The van der Waals surface area contributed by atoms with Gasteiger partial charge < -0.3 is 0 Å². The molecule has 0 aliphatic heterocycles. The number of hydrogen-bond donors (Lipinski definition) is 0. The minimum atomic E-state index is -0.517. The van der Waals surface area contributed by atoms with Gasteiger partial charge in [-0.15, -0.1) is 24.8 Å². The van der Waals surface area contributed by atoms with Gasteiger partial charge in [0.25, 0.3) is 0 Å². The van der Waals surface area contributed by atoms with Crippen LogP contribution in [0.1, 0.15) is 0 Å². The van der Waals surface area contributed by atoms with Crippen molar-refractivity contribution in [1.82, 2.24) is 0 Å². The third kappa shape index (κ3) is 4.91. The topological polar surface area (TPSA) is 0 Å². The van der Waals surface area contributed by atoms with Gasteiger partial charge in [0.15, 0.2) is 0 Å². The van der Waals surface area contributed by atoms with Crippen molar-refractivity contribution in [3.8, 4) is 0 Å². The molecule has 0 heterocycles. The predicted octanol–water partition coefficient (Wildman–Crippen LogP) is 2.19. The summed E-state index contributed by atoms with van der Waals surface area (Å²) in [6, 6.07) is 21.6. The molecule has 2 aromatic carbocycles. The predicted molar refractivity (Wildman–Crippen MR) is 72.4 cm³/mol. The van der Waals surface area contributed by atoms with Gasteiger partial charge in [-0.25, -0.2) is 0 Å². The molecule has 0 aliphatic rings. The maximum absolute atomic E-state index is 2.24. The average Bonchev–Trinajstić information content (AvgIpc) is 2.21. The van der Waals surface area contributed by atoms with Crippen molar-refractivity contribution in [3.05, 3.63) is 60.7 Å². The molecule has 3 heteroatoms. The standard InChI is InChI=1S/2C6H5.2ClH.Sn/c2*1-2-4-6-5-3-1;;;/h2*1-5H;2*1H;. The van der Waals surface area contributed by atoms with Crippen LogP contribution in [0.15, 0.2) is 60.7 Å². The van der Waals surface area contributed by atoms with E-state index in [4.69, 9.17) is 0 Å². The van der Waals surface area contributed by atoms with Gasteiger partial charge in [0.05, 0.1) is 0 Å². The Morgan fingerprint density at radius 3 is 1.20 bits per heavy atom. The average molecular weight is 346 g/mol. The van der Waals surface area contributed by atoms with Crippen LogP contribution in [0.4, 0.5) is 0 Å². The molecule has 2 radical (unpaired) electrons. The van der Waals surface area contributed by atoms with E-state index in [9.17, 15) is 0 Å². The molecule has 0 spiro atoms. The molecule has 0 nitrogen and oxygen atoms in total. The number of benzene rings is 2. The zero-order chi connectivity index (χ0) is 8.93. The Kier molecular flexibility index (Phi) is 7.93. The molecular weight excluding hydrogens is 334 g/mol.